The number of amides is 1. The van der Waals surface area contributed by atoms with E-state index in [4.69, 9.17) is 16.3 Å². The number of benzene rings is 1. The van der Waals surface area contributed by atoms with Crippen molar-refractivity contribution in [3.63, 3.8) is 0 Å². The highest BCUT2D eigenvalue weighted by molar-refractivity contribution is 7.89. The summed E-state index contributed by atoms with van der Waals surface area (Å²) in [5.41, 5.74) is 0.282. The van der Waals surface area contributed by atoms with Crippen LogP contribution in [-0.4, -0.2) is 55.4 Å². The Balaban J connectivity index is 2.05. The quantitative estimate of drug-likeness (QED) is 0.708. The second kappa shape index (κ2) is 9.23. The van der Waals surface area contributed by atoms with E-state index in [-0.39, 0.29) is 34.8 Å². The fourth-order valence-electron chi connectivity index (χ4n) is 2.22. The summed E-state index contributed by atoms with van der Waals surface area (Å²) >= 11 is 5.79. The minimum atomic E-state index is -3.70. The molecule has 10 heteroatoms. The molecule has 0 radical (unpaired) electrons. The zero-order valence-corrected chi connectivity index (χ0v) is 16.8. The van der Waals surface area contributed by atoms with Gasteiger partial charge in [0.1, 0.15) is 5.82 Å². The molecule has 1 N–H and O–H groups in total. The highest BCUT2D eigenvalue weighted by atomic mass is 35.5. The Hall–Kier alpha value is -2.07. The van der Waals surface area contributed by atoms with Crippen LogP contribution in [0.4, 0.5) is 0 Å². The number of halogens is 1. The van der Waals surface area contributed by atoms with E-state index in [1.165, 1.54) is 43.7 Å². The Kier molecular flexibility index (Phi) is 7.25. The second-order valence-electron chi connectivity index (χ2n) is 5.93. The van der Waals surface area contributed by atoms with E-state index in [1.54, 1.807) is 7.11 Å². The number of carbonyl (C=O) groups excluding carboxylic acids is 1. The lowest BCUT2D eigenvalue weighted by atomic mass is 10.3. The molecule has 1 heterocycles. The summed E-state index contributed by atoms with van der Waals surface area (Å²) in [6.45, 7) is 2.16. The van der Waals surface area contributed by atoms with Gasteiger partial charge < -0.3 is 10.1 Å². The highest BCUT2D eigenvalue weighted by Gasteiger charge is 2.22. The Morgan fingerprint density at radius 1 is 1.26 bits per heavy atom. The topological polar surface area (TPSA) is 101 Å². The standard InChI is InChI=1S/C17H21ClN4O4S/c1-12(11-26-3)21-17(23)13-8-19-16(20-9-13)10-22(2)27(24,25)15-6-4-14(18)5-7-15/h4-9,12H,10-11H2,1-3H3,(H,21,23). The van der Waals surface area contributed by atoms with Crippen molar-refractivity contribution < 1.29 is 17.9 Å². The Labute approximate surface area is 163 Å². The van der Waals surface area contributed by atoms with Gasteiger partial charge in [-0.25, -0.2) is 18.4 Å². The number of ether oxygens (including phenoxy) is 1. The highest BCUT2D eigenvalue weighted by Crippen LogP contribution is 2.18. The van der Waals surface area contributed by atoms with Gasteiger partial charge in [0.25, 0.3) is 5.91 Å². The van der Waals surface area contributed by atoms with Gasteiger partial charge in [0.15, 0.2) is 0 Å². The predicted octanol–water partition coefficient (Wildman–Crippen LogP) is 1.72. The minimum Gasteiger partial charge on any atom is -0.383 e. The average Bonchev–Trinajstić information content (AvgIpc) is 2.62. The molecule has 0 saturated heterocycles. The molecule has 27 heavy (non-hydrogen) atoms. The summed E-state index contributed by atoms with van der Waals surface area (Å²) < 4.78 is 31.2. The van der Waals surface area contributed by atoms with Gasteiger partial charge in [-0.3, -0.25) is 4.79 Å². The first-order valence-corrected chi connectivity index (χ1v) is 9.88. The van der Waals surface area contributed by atoms with E-state index in [0.29, 0.717) is 11.6 Å². The zero-order chi connectivity index (χ0) is 20.0. The molecule has 1 atom stereocenters. The molecule has 2 rings (SSSR count). The monoisotopic (exact) mass is 412 g/mol. The van der Waals surface area contributed by atoms with Crippen LogP contribution >= 0.6 is 11.6 Å². The Bertz CT molecular complexity index is 873. The number of sulfonamides is 1. The van der Waals surface area contributed by atoms with Crippen molar-refractivity contribution in [3.8, 4) is 0 Å². The van der Waals surface area contributed by atoms with Crippen LogP contribution in [0.3, 0.4) is 0 Å². The van der Waals surface area contributed by atoms with E-state index in [1.807, 2.05) is 6.92 Å². The van der Waals surface area contributed by atoms with Crippen molar-refractivity contribution in [2.24, 2.45) is 0 Å². The maximum Gasteiger partial charge on any atom is 0.254 e. The molecule has 0 aliphatic heterocycles. The Morgan fingerprint density at radius 2 is 1.85 bits per heavy atom. The van der Waals surface area contributed by atoms with Crippen molar-refractivity contribution in [2.45, 2.75) is 24.4 Å². The molecular weight excluding hydrogens is 392 g/mol. The molecule has 0 aliphatic carbocycles. The molecule has 0 aliphatic rings. The normalized spacial score (nSPS) is 12.8. The van der Waals surface area contributed by atoms with E-state index in [2.05, 4.69) is 15.3 Å². The first kappa shape index (κ1) is 21.2. The molecule has 0 saturated carbocycles. The third-order valence-electron chi connectivity index (χ3n) is 3.65. The van der Waals surface area contributed by atoms with Crippen LogP contribution in [0.25, 0.3) is 0 Å². The third kappa shape index (κ3) is 5.70. The molecule has 1 aromatic carbocycles. The van der Waals surface area contributed by atoms with Gasteiger partial charge in [0.05, 0.1) is 23.6 Å². The molecule has 0 spiro atoms. The minimum absolute atomic E-state index is 0.0348. The lowest BCUT2D eigenvalue weighted by Crippen LogP contribution is -2.35. The molecular formula is C17H21ClN4O4S. The lowest BCUT2D eigenvalue weighted by Gasteiger charge is -2.16. The summed E-state index contributed by atoms with van der Waals surface area (Å²) in [6.07, 6.45) is 2.72. The summed E-state index contributed by atoms with van der Waals surface area (Å²) in [4.78, 5) is 20.4. The molecule has 0 bridgehead atoms. The van der Waals surface area contributed by atoms with Gasteiger partial charge in [-0.05, 0) is 31.2 Å². The smallest absolute Gasteiger partial charge is 0.254 e. The van der Waals surface area contributed by atoms with Gasteiger partial charge in [0.2, 0.25) is 10.0 Å². The van der Waals surface area contributed by atoms with Crippen LogP contribution in [0.2, 0.25) is 5.02 Å². The molecule has 1 unspecified atom stereocenters. The van der Waals surface area contributed by atoms with E-state index in [9.17, 15) is 13.2 Å². The summed E-state index contributed by atoms with van der Waals surface area (Å²) in [5, 5.41) is 3.20. The largest absolute Gasteiger partial charge is 0.383 e. The second-order valence-corrected chi connectivity index (χ2v) is 8.41. The first-order valence-electron chi connectivity index (χ1n) is 8.06. The van der Waals surface area contributed by atoms with Gasteiger partial charge in [-0.15, -0.1) is 0 Å². The number of aromatic nitrogens is 2. The lowest BCUT2D eigenvalue weighted by molar-refractivity contribution is 0.0904. The van der Waals surface area contributed by atoms with Crippen LogP contribution in [0.5, 0.6) is 0 Å². The van der Waals surface area contributed by atoms with Gasteiger partial charge in [-0.2, -0.15) is 4.31 Å². The van der Waals surface area contributed by atoms with Crippen LogP contribution in [0.1, 0.15) is 23.1 Å². The first-order chi connectivity index (χ1) is 12.7. The van der Waals surface area contributed by atoms with Crippen LogP contribution in [-0.2, 0) is 21.3 Å². The Morgan fingerprint density at radius 3 is 2.41 bits per heavy atom. The van der Waals surface area contributed by atoms with Crippen molar-refractivity contribution in [1.29, 1.82) is 0 Å². The molecule has 1 amide bonds. The van der Waals surface area contributed by atoms with Crippen molar-refractivity contribution in [2.75, 3.05) is 20.8 Å². The number of rotatable bonds is 8. The van der Waals surface area contributed by atoms with E-state index in [0.717, 1.165) is 4.31 Å². The molecule has 146 valence electrons. The van der Waals surface area contributed by atoms with E-state index >= 15 is 0 Å². The zero-order valence-electron chi connectivity index (χ0n) is 15.2. The molecule has 1 aromatic heterocycles. The maximum absolute atomic E-state index is 12.6. The van der Waals surface area contributed by atoms with Gasteiger partial charge >= 0.3 is 0 Å². The molecule has 2 aromatic rings. The number of carbonyl (C=O) groups is 1. The van der Waals surface area contributed by atoms with Gasteiger partial charge in [-0.1, -0.05) is 11.6 Å². The van der Waals surface area contributed by atoms with Crippen LogP contribution < -0.4 is 5.32 Å². The number of nitrogens with one attached hydrogen (secondary N) is 1. The van der Waals surface area contributed by atoms with Crippen molar-refractivity contribution >= 4 is 27.5 Å². The molecule has 0 fully saturated rings. The fourth-order valence-corrected chi connectivity index (χ4v) is 3.47. The predicted molar refractivity (Wildman–Crippen MR) is 101 cm³/mol. The van der Waals surface area contributed by atoms with Crippen LogP contribution in [0, 0.1) is 0 Å². The average molecular weight is 413 g/mol. The summed E-state index contributed by atoms with van der Waals surface area (Å²) in [7, 11) is -0.719. The summed E-state index contributed by atoms with van der Waals surface area (Å²) in [6, 6.07) is 5.73. The van der Waals surface area contributed by atoms with Crippen molar-refractivity contribution in [3.05, 3.63) is 53.1 Å². The van der Waals surface area contributed by atoms with Crippen molar-refractivity contribution in [1.82, 2.24) is 19.6 Å². The molecule has 8 nitrogen and oxygen atoms in total. The number of nitrogens with zero attached hydrogens (tertiary/aromatic N) is 3. The van der Waals surface area contributed by atoms with E-state index < -0.39 is 10.0 Å². The maximum atomic E-state index is 12.6. The summed E-state index contributed by atoms with van der Waals surface area (Å²) in [5.74, 6) is -0.0511. The number of hydrogen-bond acceptors (Lipinski definition) is 6. The SMILES string of the molecule is COCC(C)NC(=O)c1cnc(CN(C)S(=O)(=O)c2ccc(Cl)cc2)nc1. The third-order valence-corrected chi connectivity index (χ3v) is 5.72. The number of methoxy groups -OCH3 is 1. The van der Waals surface area contributed by atoms with Gasteiger partial charge in [0, 0.05) is 37.6 Å². The fraction of sp³-hybridized carbons (Fsp3) is 0.353. The number of hydrogen-bond donors (Lipinski definition) is 1. The van der Waals surface area contributed by atoms with Crippen LogP contribution in [0.15, 0.2) is 41.6 Å².